The highest BCUT2D eigenvalue weighted by Crippen LogP contribution is 2.28. The van der Waals surface area contributed by atoms with Crippen molar-refractivity contribution in [3.63, 3.8) is 0 Å². The number of carbonyl (C=O) groups is 2. The molecule has 0 saturated heterocycles. The molecule has 78 valence electrons. The Morgan fingerprint density at radius 2 is 2.27 bits per heavy atom. The van der Waals surface area contributed by atoms with Crippen LogP contribution in [0.4, 0.5) is 5.69 Å². The van der Waals surface area contributed by atoms with Crippen molar-refractivity contribution in [3.8, 4) is 0 Å². The van der Waals surface area contributed by atoms with E-state index in [2.05, 4.69) is 0 Å². The first-order chi connectivity index (χ1) is 7.26. The molecule has 1 aromatic rings. The van der Waals surface area contributed by atoms with Gasteiger partial charge < -0.3 is 10.0 Å². The summed E-state index contributed by atoms with van der Waals surface area (Å²) < 4.78 is 0. The van der Waals surface area contributed by atoms with Crippen LogP contribution in [0.1, 0.15) is 15.9 Å². The van der Waals surface area contributed by atoms with E-state index in [0.29, 0.717) is 18.5 Å². The topological polar surface area (TPSA) is 57.6 Å². The predicted molar refractivity (Wildman–Crippen MR) is 55.0 cm³/mol. The summed E-state index contributed by atoms with van der Waals surface area (Å²) in [7, 11) is 0. The third-order valence-corrected chi connectivity index (χ3v) is 2.50. The fourth-order valence-corrected chi connectivity index (χ4v) is 1.82. The van der Waals surface area contributed by atoms with Crippen LogP contribution in [0.2, 0.25) is 0 Å². The molecule has 1 aromatic carbocycles. The lowest BCUT2D eigenvalue weighted by atomic mass is 10.1. The molecule has 4 heteroatoms. The highest BCUT2D eigenvalue weighted by molar-refractivity contribution is 6.02. The van der Waals surface area contributed by atoms with Crippen LogP contribution >= 0.6 is 0 Å². The minimum atomic E-state index is -0.0549. The van der Waals surface area contributed by atoms with Gasteiger partial charge in [0.05, 0.1) is 13.0 Å². The van der Waals surface area contributed by atoms with E-state index in [1.54, 1.807) is 23.1 Å². The van der Waals surface area contributed by atoms with E-state index in [1.165, 1.54) is 0 Å². The number of carbonyl (C=O) groups excluding carboxylic acids is 2. The summed E-state index contributed by atoms with van der Waals surface area (Å²) >= 11 is 0. The molecule has 1 heterocycles. The van der Waals surface area contributed by atoms with Crippen molar-refractivity contribution in [1.82, 2.24) is 0 Å². The average Bonchev–Trinajstić information content (AvgIpc) is 2.55. The zero-order valence-electron chi connectivity index (χ0n) is 8.14. The molecule has 0 atom stereocenters. The number of aliphatic hydroxyl groups is 1. The molecule has 0 spiro atoms. The number of hydrogen-bond acceptors (Lipinski definition) is 3. The van der Waals surface area contributed by atoms with Crippen LogP contribution in [0.25, 0.3) is 0 Å². The Balaban J connectivity index is 2.38. The molecule has 0 bridgehead atoms. The molecule has 0 unspecified atom stereocenters. The second kappa shape index (κ2) is 3.82. The smallest absolute Gasteiger partial charge is 0.231 e. The Labute approximate surface area is 87.1 Å². The molecule has 0 fully saturated rings. The normalized spacial score (nSPS) is 14.2. The Morgan fingerprint density at radius 1 is 1.47 bits per heavy atom. The van der Waals surface area contributed by atoms with Crippen LogP contribution < -0.4 is 4.90 Å². The summed E-state index contributed by atoms with van der Waals surface area (Å²) in [6.45, 7) is 0.257. The van der Waals surface area contributed by atoms with Crippen molar-refractivity contribution in [2.75, 3.05) is 18.1 Å². The molecular formula is C11H11NO3. The third kappa shape index (κ3) is 1.64. The van der Waals surface area contributed by atoms with E-state index in [9.17, 15) is 9.59 Å². The molecule has 1 amide bonds. The summed E-state index contributed by atoms with van der Waals surface area (Å²) in [5.74, 6) is -0.0258. The molecule has 1 N–H and O–H groups in total. The molecule has 2 rings (SSSR count). The minimum absolute atomic E-state index is 0.0258. The first kappa shape index (κ1) is 9.86. The highest BCUT2D eigenvalue weighted by Gasteiger charge is 2.26. The number of fused-ring (bicyclic) bond motifs is 1. The van der Waals surface area contributed by atoms with Gasteiger partial charge in [0, 0.05) is 17.8 Å². The fraction of sp³-hybridized carbons (Fsp3) is 0.273. The molecular weight excluding hydrogens is 194 g/mol. The van der Waals surface area contributed by atoms with E-state index in [0.717, 1.165) is 17.5 Å². The lowest BCUT2D eigenvalue weighted by Gasteiger charge is -2.15. The van der Waals surface area contributed by atoms with Gasteiger partial charge >= 0.3 is 0 Å². The molecule has 0 radical (unpaired) electrons. The van der Waals surface area contributed by atoms with Crippen molar-refractivity contribution in [3.05, 3.63) is 29.3 Å². The van der Waals surface area contributed by atoms with E-state index in [-0.39, 0.29) is 12.5 Å². The Kier molecular flexibility index (Phi) is 2.51. The van der Waals surface area contributed by atoms with Gasteiger partial charge in [0.2, 0.25) is 5.91 Å². The highest BCUT2D eigenvalue weighted by atomic mass is 16.3. The maximum absolute atomic E-state index is 11.5. The first-order valence-electron chi connectivity index (χ1n) is 4.75. The molecule has 1 aliphatic heterocycles. The SMILES string of the molecule is O=Cc1ccc2c(c1)CC(=O)N2CCO. The quantitative estimate of drug-likeness (QED) is 0.726. The number of β-amino-alcohol motifs (C(OH)–C–C–N with tert-alkyl or cyclic N) is 1. The van der Waals surface area contributed by atoms with E-state index < -0.39 is 0 Å². The molecule has 1 aliphatic rings. The maximum Gasteiger partial charge on any atom is 0.231 e. The number of hydrogen-bond donors (Lipinski definition) is 1. The molecule has 0 aliphatic carbocycles. The van der Waals surface area contributed by atoms with Gasteiger partial charge in [-0.05, 0) is 23.8 Å². The van der Waals surface area contributed by atoms with Gasteiger partial charge in [-0.25, -0.2) is 0 Å². The summed E-state index contributed by atoms with van der Waals surface area (Å²) in [4.78, 5) is 23.6. The Hall–Kier alpha value is -1.68. The number of nitrogens with zero attached hydrogens (tertiary/aromatic N) is 1. The third-order valence-electron chi connectivity index (χ3n) is 2.50. The standard InChI is InChI=1S/C11H11NO3/c13-4-3-12-10-2-1-8(7-14)5-9(10)6-11(12)15/h1-2,5,7,13H,3-4,6H2. The van der Waals surface area contributed by atoms with Gasteiger partial charge in [0.15, 0.2) is 0 Å². The Bertz CT molecular complexity index is 414. The van der Waals surface area contributed by atoms with Crippen LogP contribution in [-0.4, -0.2) is 30.5 Å². The van der Waals surface area contributed by atoms with Crippen LogP contribution in [0.5, 0.6) is 0 Å². The van der Waals surface area contributed by atoms with Gasteiger partial charge in [-0.2, -0.15) is 0 Å². The summed E-state index contributed by atoms with van der Waals surface area (Å²) in [6, 6.07) is 5.14. The van der Waals surface area contributed by atoms with Crippen LogP contribution in [0, 0.1) is 0 Å². The van der Waals surface area contributed by atoms with Crippen LogP contribution in [0.15, 0.2) is 18.2 Å². The number of benzene rings is 1. The van der Waals surface area contributed by atoms with Crippen molar-refractivity contribution < 1.29 is 14.7 Å². The van der Waals surface area contributed by atoms with Gasteiger partial charge in [0.25, 0.3) is 0 Å². The van der Waals surface area contributed by atoms with Gasteiger partial charge in [-0.15, -0.1) is 0 Å². The van der Waals surface area contributed by atoms with Crippen molar-refractivity contribution in [2.45, 2.75) is 6.42 Å². The number of anilines is 1. The van der Waals surface area contributed by atoms with Crippen molar-refractivity contribution in [1.29, 1.82) is 0 Å². The van der Waals surface area contributed by atoms with Gasteiger partial charge in [-0.1, -0.05) is 0 Å². The number of aldehydes is 1. The number of aliphatic hydroxyl groups excluding tert-OH is 1. The fourth-order valence-electron chi connectivity index (χ4n) is 1.82. The van der Waals surface area contributed by atoms with E-state index >= 15 is 0 Å². The predicted octanol–water partition coefficient (Wildman–Crippen LogP) is 0.381. The molecule has 4 nitrogen and oxygen atoms in total. The maximum atomic E-state index is 11.5. The zero-order chi connectivity index (χ0) is 10.8. The lowest BCUT2D eigenvalue weighted by molar-refractivity contribution is -0.117. The zero-order valence-corrected chi connectivity index (χ0v) is 8.14. The summed E-state index contributed by atoms with van der Waals surface area (Å²) in [5, 5.41) is 8.82. The second-order valence-electron chi connectivity index (χ2n) is 3.45. The second-order valence-corrected chi connectivity index (χ2v) is 3.45. The monoisotopic (exact) mass is 205 g/mol. The van der Waals surface area contributed by atoms with Gasteiger partial charge in [0.1, 0.15) is 6.29 Å². The molecule has 0 saturated carbocycles. The van der Waals surface area contributed by atoms with E-state index in [4.69, 9.17) is 5.11 Å². The Morgan fingerprint density at radius 3 is 2.93 bits per heavy atom. The summed E-state index contributed by atoms with van der Waals surface area (Å²) in [5.41, 5.74) is 2.24. The van der Waals surface area contributed by atoms with Crippen molar-refractivity contribution >= 4 is 17.9 Å². The minimum Gasteiger partial charge on any atom is -0.395 e. The van der Waals surface area contributed by atoms with Crippen LogP contribution in [-0.2, 0) is 11.2 Å². The van der Waals surface area contributed by atoms with Crippen LogP contribution in [0.3, 0.4) is 0 Å². The lowest BCUT2D eigenvalue weighted by Crippen LogP contribution is -2.29. The summed E-state index contributed by atoms with van der Waals surface area (Å²) in [6.07, 6.45) is 1.08. The number of amides is 1. The van der Waals surface area contributed by atoms with E-state index in [1.807, 2.05) is 0 Å². The number of rotatable bonds is 3. The first-order valence-corrected chi connectivity index (χ1v) is 4.75. The largest absolute Gasteiger partial charge is 0.395 e. The average molecular weight is 205 g/mol. The molecule has 0 aromatic heterocycles. The van der Waals surface area contributed by atoms with Gasteiger partial charge in [-0.3, -0.25) is 9.59 Å². The van der Waals surface area contributed by atoms with Crippen molar-refractivity contribution in [2.24, 2.45) is 0 Å². The molecule has 15 heavy (non-hydrogen) atoms.